The Bertz CT molecular complexity index is 606. The first kappa shape index (κ1) is 14.5. The second kappa shape index (κ2) is 6.00. The average molecular weight is 276 g/mol. The summed E-state index contributed by atoms with van der Waals surface area (Å²) in [5.41, 5.74) is 1.88. The number of amides is 1. The van der Waals surface area contributed by atoms with Crippen LogP contribution in [0, 0.1) is 5.92 Å². The van der Waals surface area contributed by atoms with E-state index < -0.39 is 0 Å². The Balaban J connectivity index is 2.14. The Morgan fingerprint density at radius 2 is 2.20 bits per heavy atom. The first-order valence-corrected chi connectivity index (χ1v) is 6.70. The normalized spacial score (nSPS) is 12.8. The van der Waals surface area contributed by atoms with Crippen LogP contribution in [0.25, 0.3) is 11.2 Å². The predicted octanol–water partition coefficient (Wildman–Crippen LogP) is 1.11. The molecule has 0 bridgehead atoms. The summed E-state index contributed by atoms with van der Waals surface area (Å²) < 4.78 is 1.80. The quantitative estimate of drug-likeness (QED) is 0.857. The number of nitrogens with one attached hydrogen (secondary N) is 1. The molecular formula is C14H20N4O2. The molecule has 0 fully saturated rings. The molecule has 2 N–H and O–H groups in total. The summed E-state index contributed by atoms with van der Waals surface area (Å²) in [5.74, 6) is 0.175. The van der Waals surface area contributed by atoms with Crippen LogP contribution in [0.15, 0.2) is 18.6 Å². The smallest absolute Gasteiger partial charge is 0.253 e. The lowest BCUT2D eigenvalue weighted by Gasteiger charge is -2.18. The minimum absolute atomic E-state index is 0.0663. The molecule has 2 aromatic heterocycles. The molecule has 0 aliphatic rings. The van der Waals surface area contributed by atoms with Gasteiger partial charge in [-0.1, -0.05) is 13.8 Å². The molecule has 0 saturated heterocycles. The molecule has 0 spiro atoms. The third-order valence-electron chi connectivity index (χ3n) is 3.13. The summed E-state index contributed by atoms with van der Waals surface area (Å²) >= 11 is 0. The van der Waals surface area contributed by atoms with Crippen molar-refractivity contribution in [3.8, 4) is 0 Å². The molecule has 6 nitrogen and oxygen atoms in total. The Kier molecular flexibility index (Phi) is 4.34. The van der Waals surface area contributed by atoms with Gasteiger partial charge in [0.15, 0.2) is 5.65 Å². The maximum atomic E-state index is 12.1. The van der Waals surface area contributed by atoms with Crippen LogP contribution in [0.5, 0.6) is 0 Å². The largest absolute Gasteiger partial charge is 0.394 e. The predicted molar refractivity (Wildman–Crippen MR) is 76.3 cm³/mol. The van der Waals surface area contributed by atoms with E-state index in [0.717, 1.165) is 12.1 Å². The zero-order valence-corrected chi connectivity index (χ0v) is 12.0. The molecule has 2 rings (SSSR count). The van der Waals surface area contributed by atoms with Crippen molar-refractivity contribution in [1.29, 1.82) is 0 Å². The monoisotopic (exact) mass is 276 g/mol. The van der Waals surface area contributed by atoms with Crippen molar-refractivity contribution in [2.75, 3.05) is 6.61 Å². The van der Waals surface area contributed by atoms with Gasteiger partial charge < -0.3 is 15.0 Å². The second-order valence-corrected chi connectivity index (χ2v) is 5.40. The van der Waals surface area contributed by atoms with Crippen LogP contribution in [0.4, 0.5) is 0 Å². The second-order valence-electron chi connectivity index (χ2n) is 5.40. The molecule has 1 unspecified atom stereocenters. The van der Waals surface area contributed by atoms with Gasteiger partial charge in [0.25, 0.3) is 5.91 Å². The Hall–Kier alpha value is -1.95. The number of hydrogen-bond acceptors (Lipinski definition) is 4. The van der Waals surface area contributed by atoms with E-state index in [1.807, 2.05) is 7.05 Å². The van der Waals surface area contributed by atoms with E-state index in [9.17, 15) is 9.90 Å². The number of rotatable bonds is 5. The molecule has 0 radical (unpaired) electrons. The lowest BCUT2D eigenvalue weighted by molar-refractivity contribution is 0.0908. The summed E-state index contributed by atoms with van der Waals surface area (Å²) in [4.78, 5) is 20.6. The van der Waals surface area contributed by atoms with Gasteiger partial charge in [-0.05, 0) is 18.4 Å². The number of pyridine rings is 1. The molecule has 0 aromatic carbocycles. The van der Waals surface area contributed by atoms with Gasteiger partial charge in [0.1, 0.15) is 5.52 Å². The van der Waals surface area contributed by atoms with Gasteiger partial charge in [-0.15, -0.1) is 0 Å². The van der Waals surface area contributed by atoms with E-state index in [-0.39, 0.29) is 18.6 Å². The number of aliphatic hydroxyl groups excluding tert-OH is 1. The molecule has 0 aliphatic carbocycles. The number of aromatic nitrogens is 3. The summed E-state index contributed by atoms with van der Waals surface area (Å²) in [6, 6.07) is 1.48. The summed E-state index contributed by atoms with van der Waals surface area (Å²) in [7, 11) is 1.85. The highest BCUT2D eigenvalue weighted by atomic mass is 16.3. The molecule has 0 aliphatic heterocycles. The molecule has 2 heterocycles. The number of carbonyl (C=O) groups is 1. The molecular weight excluding hydrogens is 256 g/mol. The summed E-state index contributed by atoms with van der Waals surface area (Å²) in [5, 5.41) is 12.1. The van der Waals surface area contributed by atoms with Gasteiger partial charge in [-0.2, -0.15) is 0 Å². The van der Waals surface area contributed by atoms with Crippen LogP contribution < -0.4 is 5.32 Å². The number of hydrogen-bond donors (Lipinski definition) is 2. The van der Waals surface area contributed by atoms with E-state index >= 15 is 0 Å². The zero-order valence-electron chi connectivity index (χ0n) is 12.0. The van der Waals surface area contributed by atoms with Crippen LogP contribution >= 0.6 is 0 Å². The fourth-order valence-electron chi connectivity index (χ4n) is 2.16. The first-order valence-electron chi connectivity index (χ1n) is 6.70. The average Bonchev–Trinajstić information content (AvgIpc) is 2.78. The minimum atomic E-state index is -0.234. The minimum Gasteiger partial charge on any atom is -0.394 e. The SMILES string of the molecule is CC(C)CC(CO)NC(=O)c1cnc2c(c1)ncn2C. The van der Waals surface area contributed by atoms with Gasteiger partial charge in [0, 0.05) is 13.2 Å². The Morgan fingerprint density at radius 3 is 2.85 bits per heavy atom. The van der Waals surface area contributed by atoms with Crippen molar-refractivity contribution in [2.24, 2.45) is 13.0 Å². The Morgan fingerprint density at radius 1 is 1.45 bits per heavy atom. The van der Waals surface area contributed by atoms with Crippen LogP contribution in [-0.2, 0) is 7.05 Å². The van der Waals surface area contributed by atoms with E-state index in [1.165, 1.54) is 6.20 Å². The van der Waals surface area contributed by atoms with Crippen molar-refractivity contribution < 1.29 is 9.90 Å². The van der Waals surface area contributed by atoms with E-state index in [2.05, 4.69) is 29.1 Å². The summed E-state index contributed by atoms with van der Waals surface area (Å²) in [6.07, 6.45) is 3.93. The van der Waals surface area contributed by atoms with Crippen LogP contribution in [0.1, 0.15) is 30.6 Å². The fourth-order valence-corrected chi connectivity index (χ4v) is 2.16. The Labute approximate surface area is 117 Å². The van der Waals surface area contributed by atoms with E-state index in [0.29, 0.717) is 17.0 Å². The third kappa shape index (κ3) is 3.14. The standard InChI is InChI=1S/C14H20N4O2/c1-9(2)4-11(7-19)17-14(20)10-5-12-13(15-6-10)18(3)8-16-12/h5-6,8-9,11,19H,4,7H2,1-3H3,(H,17,20). The van der Waals surface area contributed by atoms with Gasteiger partial charge in [0.2, 0.25) is 0 Å². The van der Waals surface area contributed by atoms with Gasteiger partial charge in [0.05, 0.1) is 24.5 Å². The van der Waals surface area contributed by atoms with Crippen molar-refractivity contribution in [2.45, 2.75) is 26.3 Å². The molecule has 1 atom stereocenters. The number of aryl methyl sites for hydroxylation is 1. The molecule has 108 valence electrons. The van der Waals surface area contributed by atoms with Crippen molar-refractivity contribution in [1.82, 2.24) is 19.9 Å². The van der Waals surface area contributed by atoms with E-state index in [1.54, 1.807) is 17.0 Å². The highest BCUT2D eigenvalue weighted by molar-refractivity contribution is 5.96. The topological polar surface area (TPSA) is 80.0 Å². The molecule has 0 saturated carbocycles. The molecule has 2 aromatic rings. The molecule has 1 amide bonds. The number of nitrogens with zero attached hydrogens (tertiary/aromatic N) is 3. The fraction of sp³-hybridized carbons (Fsp3) is 0.500. The number of aliphatic hydroxyl groups is 1. The van der Waals surface area contributed by atoms with Crippen molar-refractivity contribution in [3.63, 3.8) is 0 Å². The number of carbonyl (C=O) groups excluding carboxylic acids is 1. The lowest BCUT2D eigenvalue weighted by Crippen LogP contribution is -2.38. The van der Waals surface area contributed by atoms with E-state index in [4.69, 9.17) is 0 Å². The van der Waals surface area contributed by atoms with Crippen LogP contribution in [0.2, 0.25) is 0 Å². The van der Waals surface area contributed by atoms with Gasteiger partial charge >= 0.3 is 0 Å². The molecule has 20 heavy (non-hydrogen) atoms. The highest BCUT2D eigenvalue weighted by Gasteiger charge is 2.15. The molecule has 6 heteroatoms. The number of fused-ring (bicyclic) bond motifs is 1. The van der Waals surface area contributed by atoms with Crippen molar-refractivity contribution in [3.05, 3.63) is 24.2 Å². The van der Waals surface area contributed by atoms with Gasteiger partial charge in [-0.3, -0.25) is 4.79 Å². The highest BCUT2D eigenvalue weighted by Crippen LogP contribution is 2.11. The van der Waals surface area contributed by atoms with Crippen molar-refractivity contribution >= 4 is 17.1 Å². The maximum Gasteiger partial charge on any atom is 0.253 e. The third-order valence-corrected chi connectivity index (χ3v) is 3.13. The maximum absolute atomic E-state index is 12.1. The summed E-state index contributed by atoms with van der Waals surface area (Å²) in [6.45, 7) is 4.04. The zero-order chi connectivity index (χ0) is 14.7. The first-order chi connectivity index (χ1) is 9.51. The van der Waals surface area contributed by atoms with Crippen LogP contribution in [-0.4, -0.2) is 38.2 Å². The lowest BCUT2D eigenvalue weighted by atomic mass is 10.0. The van der Waals surface area contributed by atoms with Crippen LogP contribution in [0.3, 0.4) is 0 Å². The number of imidazole rings is 1. The van der Waals surface area contributed by atoms with Gasteiger partial charge in [-0.25, -0.2) is 9.97 Å².